The second-order valence-electron chi connectivity index (χ2n) is 7.56. The normalized spacial score (nSPS) is 26.1. The number of carbonyl (C=O) groups is 2. The van der Waals surface area contributed by atoms with E-state index < -0.39 is 22.2 Å². The van der Waals surface area contributed by atoms with Crippen LogP contribution in [0.2, 0.25) is 0 Å². The summed E-state index contributed by atoms with van der Waals surface area (Å²) in [6.45, 7) is 1.81. The van der Waals surface area contributed by atoms with Crippen LogP contribution in [0.1, 0.15) is 25.7 Å². The molecule has 0 radical (unpaired) electrons. The number of hydrogen-bond acceptors (Lipinski definition) is 6. The van der Waals surface area contributed by atoms with Crippen LogP contribution in [0.5, 0.6) is 0 Å². The van der Waals surface area contributed by atoms with Crippen LogP contribution in [0, 0.1) is 11.8 Å². The minimum absolute atomic E-state index is 0.264. The average molecular weight is 430 g/mol. The molecule has 2 aliphatic rings. The molecular weight excluding hydrogens is 402 g/mol. The van der Waals surface area contributed by atoms with E-state index in [9.17, 15) is 18.0 Å². The number of nitrogens with zero attached hydrogens (tertiary/aromatic N) is 2. The van der Waals surface area contributed by atoms with Gasteiger partial charge in [0.1, 0.15) is 10.5 Å². The summed E-state index contributed by atoms with van der Waals surface area (Å²) in [5, 5.41) is 14.3. The highest BCUT2D eigenvalue weighted by atomic mass is 32.2. The van der Waals surface area contributed by atoms with E-state index in [0.717, 1.165) is 17.7 Å². The third-order valence-electron chi connectivity index (χ3n) is 5.95. The Hall–Kier alpha value is -1.49. The molecule has 1 aliphatic carbocycles. The van der Waals surface area contributed by atoms with Gasteiger partial charge in [-0.05, 0) is 55.5 Å². The number of carbonyl (C=O) groups excluding carboxylic acids is 1. The zero-order valence-electron chi connectivity index (χ0n) is 15.9. The van der Waals surface area contributed by atoms with E-state index >= 15 is 0 Å². The Labute approximate surface area is 169 Å². The molecule has 1 unspecified atom stereocenters. The van der Waals surface area contributed by atoms with Gasteiger partial charge in [-0.15, -0.1) is 11.3 Å². The van der Waals surface area contributed by atoms with Crippen molar-refractivity contribution >= 4 is 33.7 Å². The molecule has 0 spiro atoms. The summed E-state index contributed by atoms with van der Waals surface area (Å²) >= 11 is 1.25. The highest BCUT2D eigenvalue weighted by Crippen LogP contribution is 2.40. The Kier molecular flexibility index (Phi) is 6.74. The maximum absolute atomic E-state index is 12.8. The van der Waals surface area contributed by atoms with Gasteiger partial charge in [-0.3, -0.25) is 0 Å². The Morgan fingerprint density at radius 2 is 2.25 bits per heavy atom. The van der Waals surface area contributed by atoms with Gasteiger partial charge in [0.05, 0.1) is 6.04 Å². The lowest BCUT2D eigenvalue weighted by molar-refractivity contribution is -0.111. The van der Waals surface area contributed by atoms with E-state index in [1.807, 2.05) is 0 Å². The van der Waals surface area contributed by atoms with E-state index in [-0.39, 0.29) is 6.04 Å². The summed E-state index contributed by atoms with van der Waals surface area (Å²) in [5.41, 5.74) is 0. The highest BCUT2D eigenvalue weighted by Gasteiger charge is 2.46. The zero-order valence-corrected chi connectivity index (χ0v) is 17.5. The largest absolute Gasteiger partial charge is 0.465 e. The number of thiophene rings is 1. The molecule has 1 aliphatic heterocycles. The van der Waals surface area contributed by atoms with E-state index in [1.54, 1.807) is 21.8 Å². The quantitative estimate of drug-likeness (QED) is 0.457. The Balaban J connectivity index is 1.49. The lowest BCUT2D eigenvalue weighted by atomic mass is 9.97. The van der Waals surface area contributed by atoms with Gasteiger partial charge >= 0.3 is 6.09 Å². The number of carboxylic acid groups (broad SMARTS) is 1. The van der Waals surface area contributed by atoms with Crippen LogP contribution in [0.3, 0.4) is 0 Å². The molecule has 10 heteroatoms. The third kappa shape index (κ3) is 4.40. The lowest BCUT2D eigenvalue weighted by Crippen LogP contribution is -2.39. The fourth-order valence-corrected chi connectivity index (χ4v) is 6.98. The van der Waals surface area contributed by atoms with Crippen LogP contribution in [0.15, 0.2) is 21.7 Å². The van der Waals surface area contributed by atoms with Crippen molar-refractivity contribution in [2.75, 3.05) is 26.7 Å². The number of nitrogens with one attached hydrogen (secondary N) is 1. The second-order valence-corrected chi connectivity index (χ2v) is 10.7. The number of likely N-dealkylation sites (N-methyl/N-ethyl adjacent to an activating group) is 1. The molecule has 1 amide bonds. The first-order valence-corrected chi connectivity index (χ1v) is 11.8. The van der Waals surface area contributed by atoms with Crippen LogP contribution < -0.4 is 5.32 Å². The number of fused-ring (bicyclic) bond motifs is 1. The molecule has 156 valence electrons. The standard InChI is InChI=1S/C18H27N3O5S2/c1-20(18(23)24)14(12-22)4-2-8-19-16-7-6-13-10-21(11-15(13)16)28(25,26)17-5-3-9-27-17/h3,5,9,12-16,19H,2,4,6-8,10-11H2,1H3,(H,23,24)/t13-,14?,15-,16+/m1/s1. The van der Waals surface area contributed by atoms with Crippen molar-refractivity contribution in [3.8, 4) is 0 Å². The van der Waals surface area contributed by atoms with Crippen molar-refractivity contribution in [1.29, 1.82) is 0 Å². The topological polar surface area (TPSA) is 107 Å². The van der Waals surface area contributed by atoms with Crippen LogP contribution >= 0.6 is 11.3 Å². The molecule has 8 nitrogen and oxygen atoms in total. The molecule has 2 fully saturated rings. The van der Waals surface area contributed by atoms with E-state index in [2.05, 4.69) is 5.32 Å². The molecule has 3 rings (SSSR count). The van der Waals surface area contributed by atoms with E-state index in [0.29, 0.717) is 54.8 Å². The van der Waals surface area contributed by atoms with Crippen LogP contribution in [-0.4, -0.2) is 73.9 Å². The number of aldehydes is 1. The first-order chi connectivity index (χ1) is 13.3. The fourth-order valence-electron chi connectivity index (χ4n) is 4.31. The summed E-state index contributed by atoms with van der Waals surface area (Å²) in [6.07, 6.45) is 2.75. The molecule has 0 aromatic carbocycles. The van der Waals surface area contributed by atoms with Crippen molar-refractivity contribution in [2.45, 2.75) is 42.0 Å². The van der Waals surface area contributed by atoms with Gasteiger partial charge in [0.25, 0.3) is 10.0 Å². The predicted molar refractivity (Wildman–Crippen MR) is 106 cm³/mol. The Morgan fingerprint density at radius 3 is 2.89 bits per heavy atom. The maximum Gasteiger partial charge on any atom is 0.407 e. The number of amides is 1. The first kappa shape index (κ1) is 21.2. The average Bonchev–Trinajstić information content (AvgIpc) is 3.39. The van der Waals surface area contributed by atoms with Gasteiger partial charge in [-0.2, -0.15) is 4.31 Å². The van der Waals surface area contributed by atoms with E-state index in [1.165, 1.54) is 18.4 Å². The molecule has 1 aromatic heterocycles. The van der Waals surface area contributed by atoms with Crippen molar-refractivity contribution < 1.29 is 23.1 Å². The van der Waals surface area contributed by atoms with Crippen LogP contribution in [-0.2, 0) is 14.8 Å². The van der Waals surface area contributed by atoms with Gasteiger partial charge in [-0.25, -0.2) is 13.2 Å². The molecular formula is C18H27N3O5S2. The first-order valence-electron chi connectivity index (χ1n) is 9.52. The maximum atomic E-state index is 12.8. The third-order valence-corrected chi connectivity index (χ3v) is 9.16. The number of sulfonamides is 1. The minimum Gasteiger partial charge on any atom is -0.465 e. The smallest absolute Gasteiger partial charge is 0.407 e. The Bertz CT molecular complexity index is 783. The second kappa shape index (κ2) is 8.89. The van der Waals surface area contributed by atoms with Gasteiger partial charge in [-0.1, -0.05) is 6.07 Å². The molecule has 2 heterocycles. The minimum atomic E-state index is -3.39. The molecule has 1 saturated carbocycles. The monoisotopic (exact) mass is 429 g/mol. The molecule has 1 saturated heterocycles. The molecule has 28 heavy (non-hydrogen) atoms. The lowest BCUT2D eigenvalue weighted by Gasteiger charge is -2.23. The van der Waals surface area contributed by atoms with Gasteiger partial charge < -0.3 is 20.1 Å². The molecule has 1 aromatic rings. The highest BCUT2D eigenvalue weighted by molar-refractivity contribution is 7.91. The molecule has 4 atom stereocenters. The molecule has 0 bridgehead atoms. The molecule has 2 N–H and O–H groups in total. The Morgan fingerprint density at radius 1 is 1.46 bits per heavy atom. The fraction of sp³-hybridized carbons (Fsp3) is 0.667. The summed E-state index contributed by atoms with van der Waals surface area (Å²) in [5.74, 6) is 0.686. The van der Waals surface area contributed by atoms with Crippen molar-refractivity contribution in [3.05, 3.63) is 17.5 Å². The van der Waals surface area contributed by atoms with E-state index in [4.69, 9.17) is 5.11 Å². The number of hydrogen-bond donors (Lipinski definition) is 2. The van der Waals surface area contributed by atoms with Crippen LogP contribution in [0.25, 0.3) is 0 Å². The summed E-state index contributed by atoms with van der Waals surface area (Å²) in [4.78, 5) is 23.1. The van der Waals surface area contributed by atoms with Gasteiger partial charge in [0.2, 0.25) is 0 Å². The van der Waals surface area contributed by atoms with Crippen molar-refractivity contribution in [3.63, 3.8) is 0 Å². The predicted octanol–water partition coefficient (Wildman–Crippen LogP) is 1.69. The summed E-state index contributed by atoms with van der Waals surface area (Å²) in [6, 6.07) is 3.04. The summed E-state index contributed by atoms with van der Waals surface area (Å²) in [7, 11) is -1.99. The SMILES string of the molecule is CN(C(=O)O)C(C=O)CCCN[C@H]1CC[C@@H]2CN(S(=O)(=O)c3cccs3)C[C@H]21. The van der Waals surface area contributed by atoms with Crippen molar-refractivity contribution in [1.82, 2.24) is 14.5 Å². The zero-order chi connectivity index (χ0) is 20.3. The van der Waals surface area contributed by atoms with Gasteiger partial charge in [0, 0.05) is 26.2 Å². The van der Waals surface area contributed by atoms with Crippen LogP contribution in [0.4, 0.5) is 4.79 Å². The summed E-state index contributed by atoms with van der Waals surface area (Å²) < 4.78 is 27.5. The van der Waals surface area contributed by atoms with Crippen molar-refractivity contribution in [2.24, 2.45) is 11.8 Å². The number of rotatable bonds is 9. The van der Waals surface area contributed by atoms with Gasteiger partial charge in [0.15, 0.2) is 0 Å².